The molecule has 0 radical (unpaired) electrons. The van der Waals surface area contributed by atoms with Crippen LogP contribution in [0, 0.1) is 6.92 Å². The van der Waals surface area contributed by atoms with Crippen molar-refractivity contribution in [3.8, 4) is 0 Å². The fourth-order valence-electron chi connectivity index (χ4n) is 2.02. The molecule has 0 aliphatic heterocycles. The summed E-state index contributed by atoms with van der Waals surface area (Å²) in [6.45, 7) is 8.02. The molecule has 1 atom stereocenters. The van der Waals surface area contributed by atoms with E-state index in [2.05, 4.69) is 41.4 Å². The molecule has 2 aromatic heterocycles. The highest BCUT2D eigenvalue weighted by molar-refractivity contribution is 5.14. The molecule has 0 saturated heterocycles. The van der Waals surface area contributed by atoms with Crippen molar-refractivity contribution < 1.29 is 0 Å². The van der Waals surface area contributed by atoms with E-state index in [0.717, 1.165) is 18.8 Å². The molecule has 0 amide bonds. The Hall–Kier alpha value is -1.68. The second-order valence-corrected chi connectivity index (χ2v) is 4.48. The zero-order valence-electron chi connectivity index (χ0n) is 11.2. The van der Waals surface area contributed by atoms with Crippen LogP contribution in [0.1, 0.15) is 36.8 Å². The molecule has 2 rings (SSSR count). The highest BCUT2D eigenvalue weighted by Crippen LogP contribution is 2.11. The first-order valence-electron chi connectivity index (χ1n) is 6.37. The van der Waals surface area contributed by atoms with Crippen LogP contribution in [0.4, 0.5) is 0 Å². The Morgan fingerprint density at radius 2 is 2.28 bits per heavy atom. The number of aromatic nitrogens is 3. The summed E-state index contributed by atoms with van der Waals surface area (Å²) in [4.78, 5) is 4.14. The van der Waals surface area contributed by atoms with E-state index in [0.29, 0.717) is 6.04 Å². The Morgan fingerprint density at radius 1 is 1.44 bits per heavy atom. The molecule has 2 heterocycles. The Labute approximate surface area is 108 Å². The van der Waals surface area contributed by atoms with Crippen molar-refractivity contribution >= 4 is 0 Å². The monoisotopic (exact) mass is 244 g/mol. The highest BCUT2D eigenvalue weighted by Gasteiger charge is 2.07. The zero-order valence-corrected chi connectivity index (χ0v) is 11.2. The van der Waals surface area contributed by atoms with Crippen LogP contribution in [0.2, 0.25) is 0 Å². The minimum absolute atomic E-state index is 0.291. The molecule has 0 spiro atoms. The molecular weight excluding hydrogens is 224 g/mol. The van der Waals surface area contributed by atoms with Gasteiger partial charge in [-0.3, -0.25) is 9.67 Å². The molecule has 2 aromatic rings. The summed E-state index contributed by atoms with van der Waals surface area (Å²) in [6, 6.07) is 6.48. The smallest absolute Gasteiger partial charge is 0.0597 e. The quantitative estimate of drug-likeness (QED) is 0.878. The normalized spacial score (nSPS) is 12.6. The average molecular weight is 244 g/mol. The van der Waals surface area contributed by atoms with Crippen molar-refractivity contribution in [2.24, 2.45) is 0 Å². The second-order valence-electron chi connectivity index (χ2n) is 4.48. The molecule has 0 unspecified atom stereocenters. The van der Waals surface area contributed by atoms with Crippen LogP contribution in [0.5, 0.6) is 0 Å². The summed E-state index contributed by atoms with van der Waals surface area (Å²) in [7, 11) is 0. The Bertz CT molecular complexity index is 490. The van der Waals surface area contributed by atoms with Crippen molar-refractivity contribution in [1.29, 1.82) is 0 Å². The molecule has 18 heavy (non-hydrogen) atoms. The van der Waals surface area contributed by atoms with E-state index in [1.165, 1.54) is 11.3 Å². The number of rotatable bonds is 5. The molecule has 4 heteroatoms. The predicted molar refractivity (Wildman–Crippen MR) is 72.1 cm³/mol. The lowest BCUT2D eigenvalue weighted by Crippen LogP contribution is -2.20. The first-order chi connectivity index (χ1) is 8.70. The maximum atomic E-state index is 4.44. The number of nitrogens with one attached hydrogen (secondary N) is 1. The number of aryl methyl sites for hydroxylation is 2. The lowest BCUT2D eigenvalue weighted by molar-refractivity contribution is 0.530. The topological polar surface area (TPSA) is 42.7 Å². The van der Waals surface area contributed by atoms with Gasteiger partial charge in [-0.1, -0.05) is 6.07 Å². The van der Waals surface area contributed by atoms with E-state index in [9.17, 15) is 0 Å². The Kier molecular flexibility index (Phi) is 4.10. The van der Waals surface area contributed by atoms with E-state index in [4.69, 9.17) is 0 Å². The molecule has 0 aliphatic rings. The Balaban J connectivity index is 1.99. The van der Waals surface area contributed by atoms with Gasteiger partial charge in [-0.2, -0.15) is 5.10 Å². The molecule has 96 valence electrons. The van der Waals surface area contributed by atoms with E-state index in [1.54, 1.807) is 6.20 Å². The van der Waals surface area contributed by atoms with Crippen molar-refractivity contribution in [3.05, 3.63) is 47.5 Å². The van der Waals surface area contributed by atoms with Gasteiger partial charge in [0.25, 0.3) is 0 Å². The summed E-state index contributed by atoms with van der Waals surface area (Å²) in [5.74, 6) is 0. The molecular formula is C14H20N4. The van der Waals surface area contributed by atoms with Gasteiger partial charge in [0, 0.05) is 31.5 Å². The van der Waals surface area contributed by atoms with E-state index < -0.39 is 0 Å². The third-order valence-electron chi connectivity index (χ3n) is 3.06. The van der Waals surface area contributed by atoms with Crippen LogP contribution in [0.3, 0.4) is 0 Å². The van der Waals surface area contributed by atoms with Gasteiger partial charge in [-0.15, -0.1) is 0 Å². The number of hydrogen-bond acceptors (Lipinski definition) is 3. The third-order valence-corrected chi connectivity index (χ3v) is 3.06. The summed E-state index contributed by atoms with van der Waals surface area (Å²) in [5.41, 5.74) is 3.50. The first kappa shape index (κ1) is 12.8. The number of nitrogens with zero attached hydrogens (tertiary/aromatic N) is 3. The minimum Gasteiger partial charge on any atom is -0.305 e. The van der Waals surface area contributed by atoms with E-state index >= 15 is 0 Å². The van der Waals surface area contributed by atoms with Crippen molar-refractivity contribution in [2.45, 2.75) is 39.9 Å². The summed E-state index contributed by atoms with van der Waals surface area (Å²) in [5, 5.41) is 7.95. The van der Waals surface area contributed by atoms with Gasteiger partial charge < -0.3 is 5.32 Å². The van der Waals surface area contributed by atoms with Crippen molar-refractivity contribution in [1.82, 2.24) is 20.1 Å². The van der Waals surface area contributed by atoms with E-state index in [-0.39, 0.29) is 0 Å². The maximum Gasteiger partial charge on any atom is 0.0597 e. The van der Waals surface area contributed by atoms with Crippen LogP contribution >= 0.6 is 0 Å². The van der Waals surface area contributed by atoms with Gasteiger partial charge in [0.2, 0.25) is 0 Å². The lowest BCUT2D eigenvalue weighted by Gasteiger charge is -2.14. The second kappa shape index (κ2) is 5.78. The van der Waals surface area contributed by atoms with Crippen LogP contribution in [-0.4, -0.2) is 14.8 Å². The molecule has 1 N–H and O–H groups in total. The fourth-order valence-corrected chi connectivity index (χ4v) is 2.02. The highest BCUT2D eigenvalue weighted by atomic mass is 15.3. The minimum atomic E-state index is 0.291. The van der Waals surface area contributed by atoms with Gasteiger partial charge in [-0.25, -0.2) is 0 Å². The molecule has 0 saturated carbocycles. The van der Waals surface area contributed by atoms with Gasteiger partial charge in [0.1, 0.15) is 0 Å². The molecule has 0 bridgehead atoms. The number of hydrogen-bond donors (Lipinski definition) is 1. The Morgan fingerprint density at radius 3 is 2.94 bits per heavy atom. The van der Waals surface area contributed by atoms with Crippen LogP contribution in [-0.2, 0) is 13.1 Å². The van der Waals surface area contributed by atoms with E-state index in [1.807, 2.05) is 23.9 Å². The van der Waals surface area contributed by atoms with Gasteiger partial charge in [0.05, 0.1) is 11.4 Å². The molecule has 4 nitrogen and oxygen atoms in total. The van der Waals surface area contributed by atoms with Crippen molar-refractivity contribution in [2.75, 3.05) is 0 Å². The number of pyridine rings is 1. The summed E-state index contributed by atoms with van der Waals surface area (Å²) >= 11 is 0. The maximum absolute atomic E-state index is 4.44. The molecule has 0 fully saturated rings. The SMILES string of the molecule is CCn1nc(C)cc1CN[C@H](C)c1cccnc1. The van der Waals surface area contributed by atoms with Gasteiger partial charge >= 0.3 is 0 Å². The van der Waals surface area contributed by atoms with Crippen LogP contribution in [0.25, 0.3) is 0 Å². The van der Waals surface area contributed by atoms with Gasteiger partial charge in [-0.05, 0) is 38.5 Å². The largest absolute Gasteiger partial charge is 0.305 e. The standard InChI is InChI=1S/C14H20N4/c1-4-18-14(8-11(2)17-18)10-16-12(3)13-6-5-7-15-9-13/h5-9,12,16H,4,10H2,1-3H3/t12-/m1/s1. The van der Waals surface area contributed by atoms with Crippen molar-refractivity contribution in [3.63, 3.8) is 0 Å². The van der Waals surface area contributed by atoms with Gasteiger partial charge in [0.15, 0.2) is 0 Å². The summed E-state index contributed by atoms with van der Waals surface area (Å²) < 4.78 is 2.04. The summed E-state index contributed by atoms with van der Waals surface area (Å²) in [6.07, 6.45) is 3.70. The zero-order chi connectivity index (χ0) is 13.0. The first-order valence-corrected chi connectivity index (χ1v) is 6.37. The lowest BCUT2D eigenvalue weighted by atomic mass is 10.1. The third kappa shape index (κ3) is 2.96. The predicted octanol–water partition coefficient (Wildman–Crippen LogP) is 2.46. The van der Waals surface area contributed by atoms with Crippen LogP contribution < -0.4 is 5.32 Å². The molecule has 0 aromatic carbocycles. The fraction of sp³-hybridized carbons (Fsp3) is 0.429. The molecule has 0 aliphatic carbocycles. The van der Waals surface area contributed by atoms with Crippen LogP contribution in [0.15, 0.2) is 30.6 Å². The average Bonchev–Trinajstić information content (AvgIpc) is 2.77.